The summed E-state index contributed by atoms with van der Waals surface area (Å²) in [7, 11) is 0. The van der Waals surface area contributed by atoms with E-state index in [-0.39, 0.29) is 5.75 Å². The smallest absolute Gasteiger partial charge is 0.489 e. The minimum Gasteiger partial charge on any atom is -0.489 e. The van der Waals surface area contributed by atoms with Crippen molar-refractivity contribution in [1.29, 1.82) is 0 Å². The van der Waals surface area contributed by atoms with E-state index >= 15 is 0 Å². The van der Waals surface area contributed by atoms with Crippen LogP contribution in [0.25, 0.3) is 17.2 Å². The lowest BCUT2D eigenvalue weighted by Crippen LogP contribution is -2.17. The van der Waals surface area contributed by atoms with Crippen molar-refractivity contribution in [2.45, 2.75) is 13.0 Å². The highest BCUT2D eigenvalue weighted by Crippen LogP contribution is 2.31. The zero-order valence-electron chi connectivity index (χ0n) is 14.4. The molecule has 2 nitrogen and oxygen atoms in total. The van der Waals surface area contributed by atoms with Crippen molar-refractivity contribution >= 4 is 6.08 Å². The number of halogens is 3. The highest BCUT2D eigenvalue weighted by molar-refractivity contribution is 5.70. The molecule has 0 saturated heterocycles. The third-order valence-electron chi connectivity index (χ3n) is 3.83. The monoisotopic (exact) mass is 370 g/mol. The third-order valence-corrected chi connectivity index (χ3v) is 3.83. The lowest BCUT2D eigenvalue weighted by atomic mass is 10.0. The fraction of sp³-hybridized carbons (Fsp3) is 0.0909. The van der Waals surface area contributed by atoms with Gasteiger partial charge in [-0.05, 0) is 52.6 Å². The first-order valence-electron chi connectivity index (χ1n) is 8.23. The van der Waals surface area contributed by atoms with Crippen LogP contribution in [0.2, 0.25) is 0 Å². The molecule has 0 aromatic heterocycles. The van der Waals surface area contributed by atoms with E-state index < -0.39 is 6.36 Å². The molecule has 0 saturated carbocycles. The molecule has 5 heteroatoms. The molecule has 27 heavy (non-hydrogen) atoms. The molecule has 0 aliphatic carbocycles. The van der Waals surface area contributed by atoms with E-state index in [1.807, 2.05) is 30.3 Å². The van der Waals surface area contributed by atoms with Gasteiger partial charge in [-0.2, -0.15) is 0 Å². The van der Waals surface area contributed by atoms with Crippen molar-refractivity contribution in [3.05, 3.63) is 90.5 Å². The molecule has 3 aromatic rings. The molecule has 3 rings (SSSR count). The van der Waals surface area contributed by atoms with Gasteiger partial charge in [0.1, 0.15) is 18.1 Å². The molecule has 0 aliphatic heterocycles. The van der Waals surface area contributed by atoms with E-state index in [0.29, 0.717) is 23.5 Å². The zero-order valence-corrected chi connectivity index (χ0v) is 14.4. The van der Waals surface area contributed by atoms with E-state index in [2.05, 4.69) is 11.3 Å². The molecular weight excluding hydrogens is 353 g/mol. The zero-order chi connectivity index (χ0) is 19.3. The fourth-order valence-electron chi connectivity index (χ4n) is 2.58. The van der Waals surface area contributed by atoms with Gasteiger partial charge in [0.2, 0.25) is 0 Å². The number of ether oxygens (including phenoxy) is 2. The molecule has 0 atom stereocenters. The third kappa shape index (κ3) is 5.38. The average molecular weight is 370 g/mol. The van der Waals surface area contributed by atoms with Crippen LogP contribution < -0.4 is 9.47 Å². The second kappa shape index (κ2) is 7.99. The molecule has 0 spiro atoms. The molecule has 0 N–H and O–H groups in total. The molecule has 0 amide bonds. The van der Waals surface area contributed by atoms with Crippen molar-refractivity contribution in [1.82, 2.24) is 0 Å². The summed E-state index contributed by atoms with van der Waals surface area (Å²) < 4.78 is 47.3. The molecule has 138 valence electrons. The topological polar surface area (TPSA) is 18.5 Å². The summed E-state index contributed by atoms with van der Waals surface area (Å²) in [5.74, 6) is 0.397. The largest absolute Gasteiger partial charge is 0.573 e. The molecule has 0 fully saturated rings. The van der Waals surface area contributed by atoms with Crippen LogP contribution in [0.4, 0.5) is 13.2 Å². The lowest BCUT2D eigenvalue weighted by molar-refractivity contribution is -0.274. The van der Waals surface area contributed by atoms with E-state index in [4.69, 9.17) is 4.74 Å². The number of benzene rings is 3. The maximum atomic E-state index is 12.5. The van der Waals surface area contributed by atoms with Gasteiger partial charge in [0.05, 0.1) is 0 Å². The Balaban J connectivity index is 1.77. The van der Waals surface area contributed by atoms with Gasteiger partial charge in [0.15, 0.2) is 0 Å². The van der Waals surface area contributed by atoms with Gasteiger partial charge < -0.3 is 9.47 Å². The predicted molar refractivity (Wildman–Crippen MR) is 99.4 cm³/mol. The minimum absolute atomic E-state index is 0.278. The first-order valence-corrected chi connectivity index (χ1v) is 8.23. The first-order chi connectivity index (χ1) is 12.9. The fourth-order valence-corrected chi connectivity index (χ4v) is 2.58. The Morgan fingerprint density at radius 1 is 0.815 bits per heavy atom. The Labute approximate surface area is 155 Å². The Kier molecular flexibility index (Phi) is 5.50. The van der Waals surface area contributed by atoms with Crippen molar-refractivity contribution in [3.8, 4) is 22.6 Å². The van der Waals surface area contributed by atoms with Crippen LogP contribution in [0, 0.1) is 0 Å². The van der Waals surface area contributed by atoms with Crippen molar-refractivity contribution in [2.75, 3.05) is 0 Å². The van der Waals surface area contributed by atoms with Crippen molar-refractivity contribution in [3.63, 3.8) is 0 Å². The highest BCUT2D eigenvalue weighted by atomic mass is 19.4. The number of hydrogen-bond acceptors (Lipinski definition) is 2. The highest BCUT2D eigenvalue weighted by Gasteiger charge is 2.31. The van der Waals surface area contributed by atoms with Crippen LogP contribution in [0.1, 0.15) is 11.1 Å². The average Bonchev–Trinajstić information content (AvgIpc) is 2.66. The molecule has 0 aliphatic rings. The predicted octanol–water partition coefficient (Wildman–Crippen LogP) is 6.47. The summed E-state index contributed by atoms with van der Waals surface area (Å²) in [5.41, 5.74) is 2.93. The Bertz CT molecular complexity index is 901. The van der Waals surface area contributed by atoms with Gasteiger partial charge >= 0.3 is 6.36 Å². The summed E-state index contributed by atoms with van der Waals surface area (Å²) in [6.07, 6.45) is -3.27. The lowest BCUT2D eigenvalue weighted by Gasteiger charge is -2.12. The Morgan fingerprint density at radius 3 is 2.15 bits per heavy atom. The Hall–Kier alpha value is -3.21. The maximum absolute atomic E-state index is 12.5. The van der Waals surface area contributed by atoms with Crippen LogP contribution in [0.5, 0.6) is 11.5 Å². The van der Waals surface area contributed by atoms with Gasteiger partial charge in [-0.15, -0.1) is 13.2 Å². The number of hydrogen-bond donors (Lipinski definition) is 0. The second-order valence-electron chi connectivity index (χ2n) is 5.84. The van der Waals surface area contributed by atoms with Gasteiger partial charge in [-0.1, -0.05) is 55.1 Å². The summed E-state index contributed by atoms with van der Waals surface area (Å²) in [5, 5.41) is 0. The second-order valence-corrected chi connectivity index (χ2v) is 5.84. The molecule has 0 unspecified atom stereocenters. The molecule has 0 heterocycles. The number of rotatable bonds is 6. The SMILES string of the molecule is C=Cc1cc(OC(F)(F)F)cc(-c2ccc(OCc3ccccc3)cc2)c1. The van der Waals surface area contributed by atoms with E-state index in [9.17, 15) is 13.2 Å². The molecule has 0 radical (unpaired) electrons. The van der Waals surface area contributed by atoms with Gasteiger partial charge in [0.25, 0.3) is 0 Å². The van der Waals surface area contributed by atoms with Crippen LogP contribution in [0.15, 0.2) is 79.4 Å². The van der Waals surface area contributed by atoms with Crippen molar-refractivity contribution < 1.29 is 22.6 Å². The van der Waals surface area contributed by atoms with Crippen LogP contribution in [-0.4, -0.2) is 6.36 Å². The van der Waals surface area contributed by atoms with Crippen LogP contribution in [0.3, 0.4) is 0 Å². The van der Waals surface area contributed by atoms with E-state index in [1.54, 1.807) is 30.3 Å². The minimum atomic E-state index is -4.74. The van der Waals surface area contributed by atoms with Crippen LogP contribution >= 0.6 is 0 Å². The van der Waals surface area contributed by atoms with E-state index in [1.165, 1.54) is 18.2 Å². The molecule has 0 bridgehead atoms. The summed E-state index contributed by atoms with van der Waals surface area (Å²) in [6, 6.07) is 21.3. The standard InChI is InChI=1S/C22H17F3O2/c1-2-16-12-19(14-21(13-16)27-22(23,24)25)18-8-10-20(11-9-18)26-15-17-6-4-3-5-7-17/h2-14H,1,15H2. The maximum Gasteiger partial charge on any atom is 0.573 e. The Morgan fingerprint density at radius 2 is 1.52 bits per heavy atom. The summed E-state index contributed by atoms with van der Waals surface area (Å²) in [6.45, 7) is 4.05. The first kappa shape index (κ1) is 18.6. The molecular formula is C22H17F3O2. The quantitative estimate of drug-likeness (QED) is 0.495. The van der Waals surface area contributed by atoms with E-state index in [0.717, 1.165) is 11.1 Å². The van der Waals surface area contributed by atoms with Crippen molar-refractivity contribution in [2.24, 2.45) is 0 Å². The van der Waals surface area contributed by atoms with Gasteiger partial charge in [-0.3, -0.25) is 0 Å². The van der Waals surface area contributed by atoms with Gasteiger partial charge in [0, 0.05) is 0 Å². The van der Waals surface area contributed by atoms with Gasteiger partial charge in [-0.25, -0.2) is 0 Å². The van der Waals surface area contributed by atoms with Crippen LogP contribution in [-0.2, 0) is 6.61 Å². The number of alkyl halides is 3. The normalized spacial score (nSPS) is 11.1. The summed E-state index contributed by atoms with van der Waals surface area (Å²) >= 11 is 0. The molecule has 3 aromatic carbocycles. The summed E-state index contributed by atoms with van der Waals surface area (Å²) in [4.78, 5) is 0.